The molecule has 0 aliphatic rings. The van der Waals surface area contributed by atoms with Gasteiger partial charge in [0, 0.05) is 11.6 Å². The number of nitrogens with zero attached hydrogens (tertiary/aromatic N) is 3. The number of aromatic nitrogens is 3. The van der Waals surface area contributed by atoms with Crippen molar-refractivity contribution in [3.8, 4) is 17.2 Å². The molecule has 8 nitrogen and oxygen atoms in total. The van der Waals surface area contributed by atoms with Crippen LogP contribution in [0.25, 0.3) is 28.1 Å². The number of amides is 1. The quantitative estimate of drug-likeness (QED) is 0.284. The van der Waals surface area contributed by atoms with Gasteiger partial charge < -0.3 is 5.73 Å². The van der Waals surface area contributed by atoms with Gasteiger partial charge in [-0.1, -0.05) is 6.07 Å². The van der Waals surface area contributed by atoms with Crippen molar-refractivity contribution in [2.24, 2.45) is 5.73 Å². The lowest BCUT2D eigenvalue weighted by Crippen LogP contribution is -2.42. The number of alkyl halides is 3. The monoisotopic (exact) mass is 539 g/mol. The normalized spacial score (nSPS) is 13.2. The van der Waals surface area contributed by atoms with Gasteiger partial charge >= 0.3 is 6.18 Å². The van der Waals surface area contributed by atoms with Crippen LogP contribution in [0.1, 0.15) is 22.8 Å². The zero-order valence-corrected chi connectivity index (χ0v) is 20.0. The van der Waals surface area contributed by atoms with E-state index in [1.807, 2.05) is 0 Å². The predicted octanol–water partition coefficient (Wildman–Crippen LogP) is 4.00. The summed E-state index contributed by atoms with van der Waals surface area (Å²) in [6, 6.07) is 6.07. The zero-order chi connectivity index (χ0) is 27.3. The maximum absolute atomic E-state index is 14.5. The van der Waals surface area contributed by atoms with E-state index in [9.17, 15) is 35.2 Å². The van der Waals surface area contributed by atoms with Gasteiger partial charge in [0.05, 0.1) is 22.5 Å². The van der Waals surface area contributed by atoms with Crippen LogP contribution in [0.5, 0.6) is 0 Å². The molecule has 0 fully saturated rings. The first-order valence-corrected chi connectivity index (χ1v) is 12.0. The third-order valence-corrected chi connectivity index (χ3v) is 7.06. The number of hydrogen-bond acceptors (Lipinski definition) is 5. The van der Waals surface area contributed by atoms with Crippen molar-refractivity contribution in [3.05, 3.63) is 71.6 Å². The van der Waals surface area contributed by atoms with E-state index in [-0.39, 0.29) is 39.2 Å². The van der Waals surface area contributed by atoms with Crippen LogP contribution in [0.3, 0.4) is 0 Å². The first-order valence-electron chi connectivity index (χ1n) is 10.5. The van der Waals surface area contributed by atoms with Gasteiger partial charge in [-0.15, -0.1) is 0 Å². The number of nitrogens with one attached hydrogen (secondary N) is 1. The lowest BCUT2D eigenvalue weighted by atomic mass is 10.1. The number of pyridine rings is 2. The lowest BCUT2D eigenvalue weighted by Gasteiger charge is -2.17. The largest absolute Gasteiger partial charge is 0.404 e. The summed E-state index contributed by atoms with van der Waals surface area (Å²) in [5.74, 6) is -2.51. The number of nitrogens with two attached hydrogens (primary N) is 1. The number of primary amides is 1. The fourth-order valence-corrected chi connectivity index (χ4v) is 4.88. The molecule has 37 heavy (non-hydrogen) atoms. The number of carbonyl (C=O) groups excluding carboxylic acids is 1. The van der Waals surface area contributed by atoms with Crippen molar-refractivity contribution in [3.63, 3.8) is 0 Å². The second-order valence-electron chi connectivity index (χ2n) is 8.12. The van der Waals surface area contributed by atoms with Gasteiger partial charge in [-0.25, -0.2) is 17.8 Å². The Morgan fingerprint density at radius 1 is 1.14 bits per heavy atom. The number of halogens is 5. The average Bonchev–Trinajstić information content (AvgIpc) is 3.12. The van der Waals surface area contributed by atoms with Gasteiger partial charge in [0.15, 0.2) is 0 Å². The van der Waals surface area contributed by atoms with E-state index in [2.05, 4.69) is 9.97 Å². The molecule has 0 bridgehead atoms. The van der Waals surface area contributed by atoms with Gasteiger partial charge in [-0.2, -0.15) is 22.3 Å². The number of sulfonamides is 1. The van der Waals surface area contributed by atoms with E-state index >= 15 is 0 Å². The summed E-state index contributed by atoms with van der Waals surface area (Å²) >= 11 is 0. The topological polar surface area (TPSA) is 120 Å². The maximum Gasteiger partial charge on any atom is 0.404 e. The Balaban J connectivity index is 1.95. The third kappa shape index (κ3) is 4.89. The molecular weight excluding hydrogens is 521 g/mol. The Labute approximate surface area is 207 Å². The molecule has 194 valence electrons. The first kappa shape index (κ1) is 26.2. The minimum Gasteiger partial charge on any atom is -0.366 e. The second kappa shape index (κ2) is 9.19. The van der Waals surface area contributed by atoms with E-state index in [4.69, 9.17) is 5.73 Å². The molecule has 0 radical (unpaired) electrons. The van der Waals surface area contributed by atoms with E-state index in [0.29, 0.717) is 6.92 Å². The number of carbonyl (C=O) groups is 1. The zero-order valence-electron chi connectivity index (χ0n) is 19.1. The number of fused-ring (bicyclic) bond motifs is 1. The molecular formula is C23H18F5N5O3S. The van der Waals surface area contributed by atoms with Gasteiger partial charge in [-0.05, 0) is 55.8 Å². The molecule has 4 aromatic rings. The van der Waals surface area contributed by atoms with Crippen LogP contribution in [0.2, 0.25) is 0 Å². The fraction of sp³-hybridized carbons (Fsp3) is 0.174. The van der Waals surface area contributed by atoms with Crippen LogP contribution in [0.15, 0.2) is 53.6 Å². The number of aryl methyl sites for hydroxylation is 1. The molecule has 0 saturated carbocycles. The number of rotatable bonds is 6. The molecule has 3 aromatic heterocycles. The van der Waals surface area contributed by atoms with E-state index < -0.39 is 44.8 Å². The minimum atomic E-state index is -4.82. The predicted molar refractivity (Wildman–Crippen MR) is 123 cm³/mol. The van der Waals surface area contributed by atoms with E-state index in [0.717, 1.165) is 30.5 Å². The molecule has 0 unspecified atom stereocenters. The first-order chi connectivity index (χ1) is 17.2. The minimum absolute atomic E-state index is 0.0160. The van der Waals surface area contributed by atoms with Crippen LogP contribution >= 0.6 is 0 Å². The van der Waals surface area contributed by atoms with Crippen LogP contribution in [-0.2, 0) is 10.0 Å². The highest BCUT2D eigenvalue weighted by atomic mass is 32.2. The SMILES string of the molecule is Cc1cc2c(cc1F)c(C(N)=O)c(-c1ccc(S(=O)(=O)N[C@@H](C)C(F)(F)F)cn1)n2-c1cccc(F)n1. The molecule has 3 N–H and O–H groups in total. The highest BCUT2D eigenvalue weighted by molar-refractivity contribution is 7.89. The smallest absolute Gasteiger partial charge is 0.366 e. The van der Waals surface area contributed by atoms with Crippen molar-refractivity contribution in [2.75, 3.05) is 0 Å². The maximum atomic E-state index is 14.5. The van der Waals surface area contributed by atoms with Gasteiger partial charge in [0.1, 0.15) is 22.6 Å². The van der Waals surface area contributed by atoms with Crippen molar-refractivity contribution < 1.29 is 35.2 Å². The summed E-state index contributed by atoms with van der Waals surface area (Å²) in [5, 5.41) is 0.0656. The van der Waals surface area contributed by atoms with Crippen LogP contribution in [0.4, 0.5) is 22.0 Å². The van der Waals surface area contributed by atoms with Gasteiger partial charge in [0.25, 0.3) is 5.91 Å². The van der Waals surface area contributed by atoms with Crippen molar-refractivity contribution in [1.82, 2.24) is 19.3 Å². The highest BCUT2D eigenvalue weighted by Gasteiger charge is 2.39. The van der Waals surface area contributed by atoms with Crippen molar-refractivity contribution >= 4 is 26.8 Å². The molecule has 0 aliphatic heterocycles. The Bertz CT molecular complexity index is 1630. The number of benzene rings is 1. The van der Waals surface area contributed by atoms with E-state index in [1.165, 1.54) is 34.4 Å². The molecule has 0 spiro atoms. The standard InChI is InChI=1S/C23H18F5N5O3S/c1-11-8-17-14(9-15(11)24)20(22(29)34)21(33(17)19-5-3-4-18(25)31-19)16-7-6-13(10-30-16)37(35,36)32-12(2)23(26,27)28/h3-10,12,32H,1-2H3,(H2,29,34)/t12-/m0/s1. The summed E-state index contributed by atoms with van der Waals surface area (Å²) in [5.41, 5.74) is 5.74. The van der Waals surface area contributed by atoms with Crippen LogP contribution in [-0.4, -0.2) is 41.1 Å². The Morgan fingerprint density at radius 2 is 1.84 bits per heavy atom. The Hall–Kier alpha value is -3.91. The summed E-state index contributed by atoms with van der Waals surface area (Å²) in [6.45, 7) is 2.12. The Kier molecular flexibility index (Phi) is 6.50. The molecule has 0 aliphatic carbocycles. The third-order valence-electron chi connectivity index (χ3n) is 5.54. The number of hydrogen-bond donors (Lipinski definition) is 2. The summed E-state index contributed by atoms with van der Waals surface area (Å²) in [7, 11) is -4.61. The van der Waals surface area contributed by atoms with Crippen LogP contribution in [0, 0.1) is 18.7 Å². The van der Waals surface area contributed by atoms with Gasteiger partial charge in [-0.3, -0.25) is 14.3 Å². The summed E-state index contributed by atoms with van der Waals surface area (Å²) < 4.78 is 94.7. The second-order valence-corrected chi connectivity index (χ2v) is 9.84. The molecule has 1 amide bonds. The Morgan fingerprint density at radius 3 is 2.41 bits per heavy atom. The van der Waals surface area contributed by atoms with Crippen molar-refractivity contribution in [2.45, 2.75) is 31.0 Å². The molecule has 14 heteroatoms. The summed E-state index contributed by atoms with van der Waals surface area (Å²) in [6.07, 6.45) is -4.03. The molecule has 1 aromatic carbocycles. The van der Waals surface area contributed by atoms with Crippen molar-refractivity contribution in [1.29, 1.82) is 0 Å². The van der Waals surface area contributed by atoms with E-state index in [1.54, 1.807) is 0 Å². The molecule has 1 atom stereocenters. The highest BCUT2D eigenvalue weighted by Crippen LogP contribution is 2.36. The summed E-state index contributed by atoms with van der Waals surface area (Å²) in [4.78, 5) is 19.8. The van der Waals surface area contributed by atoms with Crippen LogP contribution < -0.4 is 10.5 Å². The molecule has 0 saturated heterocycles. The van der Waals surface area contributed by atoms with Gasteiger partial charge in [0.2, 0.25) is 16.0 Å². The fourth-order valence-electron chi connectivity index (χ4n) is 3.71. The molecule has 3 heterocycles. The molecule has 4 rings (SSSR count). The average molecular weight is 539 g/mol. The lowest BCUT2D eigenvalue weighted by molar-refractivity contribution is -0.147.